The number of aromatic nitrogens is 1. The second kappa shape index (κ2) is 12.1. The van der Waals surface area contributed by atoms with Crippen molar-refractivity contribution in [1.82, 2.24) is 15.6 Å². The Labute approximate surface area is 214 Å². The zero-order valence-corrected chi connectivity index (χ0v) is 21.5. The summed E-state index contributed by atoms with van der Waals surface area (Å²) in [6.07, 6.45) is 4.77. The summed E-state index contributed by atoms with van der Waals surface area (Å²) in [5.74, 6) is -0.725. The van der Waals surface area contributed by atoms with E-state index in [0.717, 1.165) is 49.5 Å². The van der Waals surface area contributed by atoms with Gasteiger partial charge >= 0.3 is 0 Å². The summed E-state index contributed by atoms with van der Waals surface area (Å²) in [6.45, 7) is 3.40. The smallest absolute Gasteiger partial charge is 0.266 e. The van der Waals surface area contributed by atoms with Gasteiger partial charge in [0.05, 0.1) is 10.7 Å². The fraction of sp³-hybridized carbons (Fsp3) is 0.375. The number of nitrogens with one attached hydrogen (secondary N) is 4. The minimum atomic E-state index is -4.15. The topological polar surface area (TPSA) is 95.2 Å². The van der Waals surface area contributed by atoms with Crippen molar-refractivity contribution in [3.05, 3.63) is 70.4 Å². The molecule has 1 aliphatic heterocycles. The molecule has 2 aromatic carbocycles. The Bertz CT molecular complexity index is 1190. The standard InChI is InChI=1S/C24H29ClFN5O2S2/c25-20-13-23(35(32,33)31-24-29-11-12-34-24)21(26)14-22(20)30-15-18(17-5-2-1-3-6-17)8-10-27-16-19-7-4-9-28-19/h1-3,5-6,11-14,18-19,27-28,30H,4,7-10,15-16H2,(H,29,31)/t18?,19-/m0/s1. The molecule has 0 radical (unpaired) electrons. The van der Waals surface area contributed by atoms with E-state index in [1.165, 1.54) is 24.6 Å². The van der Waals surface area contributed by atoms with Crippen molar-refractivity contribution in [1.29, 1.82) is 0 Å². The van der Waals surface area contributed by atoms with Crippen molar-refractivity contribution in [2.24, 2.45) is 0 Å². The van der Waals surface area contributed by atoms with Crippen LogP contribution in [0.25, 0.3) is 0 Å². The molecule has 1 aliphatic rings. The van der Waals surface area contributed by atoms with Crippen LogP contribution in [0.5, 0.6) is 0 Å². The maximum Gasteiger partial charge on any atom is 0.266 e. The molecule has 188 valence electrons. The van der Waals surface area contributed by atoms with Crippen LogP contribution in [-0.2, 0) is 10.0 Å². The number of rotatable bonds is 12. The molecule has 1 saturated heterocycles. The van der Waals surface area contributed by atoms with Crippen molar-refractivity contribution >= 4 is 43.8 Å². The van der Waals surface area contributed by atoms with Crippen molar-refractivity contribution in [3.8, 4) is 0 Å². The number of hydrogen-bond acceptors (Lipinski definition) is 7. The molecular formula is C24H29ClFN5O2S2. The molecule has 35 heavy (non-hydrogen) atoms. The largest absolute Gasteiger partial charge is 0.383 e. The number of halogens is 2. The lowest BCUT2D eigenvalue weighted by Gasteiger charge is -2.21. The van der Waals surface area contributed by atoms with Gasteiger partial charge in [0.25, 0.3) is 10.0 Å². The van der Waals surface area contributed by atoms with Gasteiger partial charge in [-0.3, -0.25) is 4.72 Å². The molecule has 4 N–H and O–H groups in total. The number of hydrogen-bond donors (Lipinski definition) is 4. The predicted molar refractivity (Wildman–Crippen MR) is 141 cm³/mol. The summed E-state index contributed by atoms with van der Waals surface area (Å²) in [7, 11) is -4.15. The highest BCUT2D eigenvalue weighted by Gasteiger charge is 2.23. The van der Waals surface area contributed by atoms with Gasteiger partial charge in [-0.25, -0.2) is 17.8 Å². The van der Waals surface area contributed by atoms with Crippen molar-refractivity contribution in [2.45, 2.75) is 36.1 Å². The molecule has 11 heteroatoms. The monoisotopic (exact) mass is 537 g/mol. The Balaban J connectivity index is 1.41. The van der Waals surface area contributed by atoms with Crippen LogP contribution in [0, 0.1) is 5.82 Å². The second-order valence-electron chi connectivity index (χ2n) is 8.48. The van der Waals surface area contributed by atoms with Crippen LogP contribution < -0.4 is 20.7 Å². The maximum atomic E-state index is 14.8. The summed E-state index contributed by atoms with van der Waals surface area (Å²) in [5, 5.41) is 12.2. The van der Waals surface area contributed by atoms with Gasteiger partial charge in [0.2, 0.25) is 0 Å². The third-order valence-electron chi connectivity index (χ3n) is 6.00. The number of anilines is 2. The molecule has 2 heterocycles. The molecule has 1 fully saturated rings. The van der Waals surface area contributed by atoms with Gasteiger partial charge in [-0.2, -0.15) is 0 Å². The highest BCUT2D eigenvalue weighted by molar-refractivity contribution is 7.93. The molecule has 0 spiro atoms. The zero-order chi connectivity index (χ0) is 24.7. The first-order valence-electron chi connectivity index (χ1n) is 11.6. The predicted octanol–water partition coefficient (Wildman–Crippen LogP) is 4.66. The average molecular weight is 538 g/mol. The molecule has 0 saturated carbocycles. The molecule has 3 aromatic rings. The molecule has 0 amide bonds. The van der Waals surface area contributed by atoms with E-state index in [0.29, 0.717) is 18.3 Å². The Morgan fingerprint density at radius 1 is 1.26 bits per heavy atom. The molecule has 0 aliphatic carbocycles. The lowest BCUT2D eigenvalue weighted by Crippen LogP contribution is -2.35. The summed E-state index contributed by atoms with van der Waals surface area (Å²) in [5.41, 5.74) is 1.52. The van der Waals surface area contributed by atoms with Crippen molar-refractivity contribution < 1.29 is 12.8 Å². The van der Waals surface area contributed by atoms with Gasteiger partial charge in [0.15, 0.2) is 5.13 Å². The number of thiazole rings is 1. The fourth-order valence-electron chi connectivity index (χ4n) is 4.14. The van der Waals surface area contributed by atoms with Gasteiger partial charge in [-0.15, -0.1) is 11.3 Å². The molecule has 1 unspecified atom stereocenters. The fourth-order valence-corrected chi connectivity index (χ4v) is 6.31. The number of benzene rings is 2. The van der Waals surface area contributed by atoms with Crippen LogP contribution in [0.2, 0.25) is 5.02 Å². The molecule has 4 rings (SSSR count). The lowest BCUT2D eigenvalue weighted by atomic mass is 9.95. The third kappa shape index (κ3) is 7.14. The van der Waals surface area contributed by atoms with E-state index in [2.05, 4.69) is 37.8 Å². The third-order valence-corrected chi connectivity index (χ3v) is 8.48. The summed E-state index contributed by atoms with van der Waals surface area (Å²) in [4.78, 5) is 3.36. The highest BCUT2D eigenvalue weighted by atomic mass is 35.5. The summed E-state index contributed by atoms with van der Waals surface area (Å²) in [6, 6.07) is 12.9. The van der Waals surface area contributed by atoms with Crippen LogP contribution in [0.4, 0.5) is 15.2 Å². The van der Waals surface area contributed by atoms with Crippen LogP contribution >= 0.6 is 22.9 Å². The van der Waals surface area contributed by atoms with Crippen LogP contribution in [-0.4, -0.2) is 45.6 Å². The molecular weight excluding hydrogens is 509 g/mol. The summed E-state index contributed by atoms with van der Waals surface area (Å²) < 4.78 is 42.3. The quantitative estimate of drug-likeness (QED) is 0.251. The average Bonchev–Trinajstić information content (AvgIpc) is 3.55. The Kier molecular flexibility index (Phi) is 8.96. The second-order valence-corrected chi connectivity index (χ2v) is 11.4. The van der Waals surface area contributed by atoms with Crippen LogP contribution in [0.1, 0.15) is 30.7 Å². The zero-order valence-electron chi connectivity index (χ0n) is 19.1. The number of nitrogens with zero attached hydrogens (tertiary/aromatic N) is 1. The first-order chi connectivity index (χ1) is 16.9. The van der Waals surface area contributed by atoms with Gasteiger partial charge in [0.1, 0.15) is 10.7 Å². The van der Waals surface area contributed by atoms with Crippen molar-refractivity contribution in [2.75, 3.05) is 36.2 Å². The Hall–Kier alpha value is -2.24. The Morgan fingerprint density at radius 2 is 2.09 bits per heavy atom. The Morgan fingerprint density at radius 3 is 2.80 bits per heavy atom. The molecule has 0 bridgehead atoms. The van der Waals surface area contributed by atoms with Gasteiger partial charge < -0.3 is 16.0 Å². The van der Waals surface area contributed by atoms with E-state index >= 15 is 0 Å². The van der Waals surface area contributed by atoms with Crippen LogP contribution in [0.3, 0.4) is 0 Å². The minimum absolute atomic E-state index is 0.128. The molecule has 1 aromatic heterocycles. The van der Waals surface area contributed by atoms with Gasteiger partial charge in [0, 0.05) is 36.6 Å². The van der Waals surface area contributed by atoms with E-state index in [-0.39, 0.29) is 16.1 Å². The normalized spacial score (nSPS) is 16.8. The minimum Gasteiger partial charge on any atom is -0.383 e. The van der Waals surface area contributed by atoms with Crippen LogP contribution in [0.15, 0.2) is 58.9 Å². The van der Waals surface area contributed by atoms with E-state index in [4.69, 9.17) is 11.6 Å². The van der Waals surface area contributed by atoms with E-state index in [1.54, 1.807) is 5.38 Å². The molecule has 2 atom stereocenters. The first-order valence-corrected chi connectivity index (χ1v) is 14.3. The number of sulfonamides is 1. The highest BCUT2D eigenvalue weighted by Crippen LogP contribution is 2.30. The van der Waals surface area contributed by atoms with Gasteiger partial charge in [-0.1, -0.05) is 41.9 Å². The van der Waals surface area contributed by atoms with E-state index in [9.17, 15) is 12.8 Å². The van der Waals surface area contributed by atoms with E-state index in [1.807, 2.05) is 18.2 Å². The molecule has 7 nitrogen and oxygen atoms in total. The SMILES string of the molecule is O=S(=O)(Nc1nccs1)c1cc(Cl)c(NCC(CCNC[C@@H]2CCCN2)c2ccccc2)cc1F. The van der Waals surface area contributed by atoms with E-state index < -0.39 is 20.7 Å². The first kappa shape index (κ1) is 25.8. The summed E-state index contributed by atoms with van der Waals surface area (Å²) >= 11 is 7.47. The maximum absolute atomic E-state index is 14.8. The van der Waals surface area contributed by atoms with Crippen molar-refractivity contribution in [3.63, 3.8) is 0 Å². The lowest BCUT2D eigenvalue weighted by molar-refractivity contribution is 0.511. The van der Waals surface area contributed by atoms with Gasteiger partial charge in [-0.05, 0) is 50.0 Å².